The van der Waals surface area contributed by atoms with Gasteiger partial charge in [-0.05, 0) is 36.4 Å². The molecule has 0 atom stereocenters. The van der Waals surface area contributed by atoms with Crippen molar-refractivity contribution in [1.82, 2.24) is 5.14 Å². The molecule has 2 rings (SSSR count). The molecule has 0 amide bonds. The molecule has 0 spiro atoms. The number of ether oxygens (including phenoxy) is 2. The Morgan fingerprint density at radius 2 is 1.53 bits per heavy atom. The van der Waals surface area contributed by atoms with E-state index in [9.17, 15) is 8.42 Å². The third kappa shape index (κ3) is 3.24. The summed E-state index contributed by atoms with van der Waals surface area (Å²) in [6.45, 7) is 0. The lowest BCUT2D eigenvalue weighted by atomic mass is 10.3. The van der Waals surface area contributed by atoms with Crippen LogP contribution < -0.4 is 14.6 Å². The van der Waals surface area contributed by atoms with Gasteiger partial charge in [0, 0.05) is 0 Å². The third-order valence-corrected chi connectivity index (χ3v) is 3.32. The highest BCUT2D eigenvalue weighted by molar-refractivity contribution is 7.88. The molecule has 1 N–H and O–H groups in total. The van der Waals surface area contributed by atoms with Crippen molar-refractivity contribution in [2.45, 2.75) is 4.90 Å². The molecule has 0 unspecified atom stereocenters. The van der Waals surface area contributed by atoms with Gasteiger partial charge in [0.05, 0.1) is 12.0 Å². The Labute approximate surface area is 111 Å². The van der Waals surface area contributed by atoms with Crippen LogP contribution in [0.25, 0.3) is 0 Å². The van der Waals surface area contributed by atoms with Gasteiger partial charge < -0.3 is 9.47 Å². The van der Waals surface area contributed by atoms with Crippen LogP contribution >= 0.6 is 0 Å². The van der Waals surface area contributed by atoms with E-state index in [-0.39, 0.29) is 4.90 Å². The Morgan fingerprint density at radius 3 is 2.05 bits per heavy atom. The molecule has 0 aliphatic rings. The van der Waals surface area contributed by atoms with Crippen molar-refractivity contribution in [3.05, 3.63) is 48.5 Å². The van der Waals surface area contributed by atoms with Gasteiger partial charge >= 0.3 is 0 Å². The molecule has 0 aliphatic heterocycles. The van der Waals surface area contributed by atoms with E-state index in [2.05, 4.69) is 0 Å². The van der Waals surface area contributed by atoms with Crippen molar-refractivity contribution >= 4 is 10.0 Å². The summed E-state index contributed by atoms with van der Waals surface area (Å²) in [6, 6.07) is 12.8. The Bertz CT molecular complexity index is 665. The fourth-order valence-corrected chi connectivity index (χ4v) is 2.01. The van der Waals surface area contributed by atoms with Gasteiger partial charge in [0.15, 0.2) is 11.5 Å². The highest BCUT2D eigenvalue weighted by atomic mass is 32.2. The number of sulfonamides is 1. The van der Waals surface area contributed by atoms with Crippen LogP contribution in [-0.2, 0) is 10.0 Å². The second-order valence-electron chi connectivity index (χ2n) is 3.73. The fourth-order valence-electron chi connectivity index (χ4n) is 1.52. The van der Waals surface area contributed by atoms with Gasteiger partial charge in [-0.25, -0.2) is 8.42 Å². The lowest BCUT2D eigenvalue weighted by molar-refractivity contribution is 0.379. The van der Waals surface area contributed by atoms with Crippen LogP contribution in [-0.4, -0.2) is 15.5 Å². The molecule has 0 fully saturated rings. The zero-order chi connectivity index (χ0) is 13.9. The van der Waals surface area contributed by atoms with Gasteiger partial charge in [-0.15, -0.1) is 5.14 Å². The van der Waals surface area contributed by atoms with Gasteiger partial charge in [0.1, 0.15) is 5.75 Å². The van der Waals surface area contributed by atoms with Gasteiger partial charge in [0.2, 0.25) is 0 Å². The number of methoxy groups -OCH3 is 1. The Hall–Kier alpha value is -2.05. The maximum atomic E-state index is 11.0. The minimum Gasteiger partial charge on any atom is -0.493 e. The molecule has 2 aromatic rings. The Morgan fingerprint density at radius 1 is 0.947 bits per heavy atom. The van der Waals surface area contributed by atoms with Crippen LogP contribution in [0.2, 0.25) is 0 Å². The van der Waals surface area contributed by atoms with E-state index >= 15 is 0 Å². The van der Waals surface area contributed by atoms with E-state index in [0.717, 1.165) is 0 Å². The molecular formula is C13H12NO4S. The molecule has 2 aromatic carbocycles. The van der Waals surface area contributed by atoms with Crippen LogP contribution in [0.1, 0.15) is 0 Å². The van der Waals surface area contributed by atoms with Crippen molar-refractivity contribution in [2.24, 2.45) is 0 Å². The van der Waals surface area contributed by atoms with E-state index in [1.807, 2.05) is 6.07 Å². The van der Waals surface area contributed by atoms with Crippen molar-refractivity contribution in [3.8, 4) is 17.2 Å². The molecule has 0 aromatic heterocycles. The van der Waals surface area contributed by atoms with E-state index in [1.54, 1.807) is 18.2 Å². The first-order chi connectivity index (χ1) is 9.00. The number of rotatable bonds is 4. The molecule has 6 heteroatoms. The van der Waals surface area contributed by atoms with Crippen molar-refractivity contribution in [2.75, 3.05) is 7.11 Å². The first-order valence-electron chi connectivity index (χ1n) is 5.41. The number of nitrogens with one attached hydrogen (secondary N) is 1. The fraction of sp³-hybridized carbons (Fsp3) is 0.0769. The monoisotopic (exact) mass is 278 g/mol. The maximum Gasteiger partial charge on any atom is 0.254 e. The smallest absolute Gasteiger partial charge is 0.254 e. The summed E-state index contributed by atoms with van der Waals surface area (Å²) in [5.41, 5.74) is 0. The largest absolute Gasteiger partial charge is 0.493 e. The molecule has 99 valence electrons. The SMILES string of the molecule is COc1ccccc1Oc1ccc(S([NH])(=O)=O)cc1. The van der Waals surface area contributed by atoms with Crippen molar-refractivity contribution in [1.29, 1.82) is 0 Å². The first-order valence-corrected chi connectivity index (χ1v) is 6.89. The average molecular weight is 278 g/mol. The summed E-state index contributed by atoms with van der Waals surface area (Å²) in [5.74, 6) is 1.59. The Kier molecular flexibility index (Phi) is 3.73. The lowest BCUT2D eigenvalue weighted by Crippen LogP contribution is -2.00. The lowest BCUT2D eigenvalue weighted by Gasteiger charge is -2.09. The van der Waals surface area contributed by atoms with E-state index < -0.39 is 10.0 Å². The summed E-state index contributed by atoms with van der Waals surface area (Å²) >= 11 is 0. The van der Waals surface area contributed by atoms with E-state index in [4.69, 9.17) is 14.6 Å². The van der Waals surface area contributed by atoms with Crippen LogP contribution in [0.4, 0.5) is 0 Å². The molecule has 0 heterocycles. The van der Waals surface area contributed by atoms with Crippen molar-refractivity contribution < 1.29 is 17.9 Å². The second kappa shape index (κ2) is 5.29. The molecule has 0 saturated carbocycles. The highest BCUT2D eigenvalue weighted by Crippen LogP contribution is 2.31. The third-order valence-electron chi connectivity index (χ3n) is 2.43. The number of para-hydroxylation sites is 2. The van der Waals surface area contributed by atoms with Gasteiger partial charge in [-0.2, -0.15) is 0 Å². The predicted molar refractivity (Wildman–Crippen MR) is 69.8 cm³/mol. The molecule has 0 bridgehead atoms. The predicted octanol–water partition coefficient (Wildman–Crippen LogP) is 2.46. The molecular weight excluding hydrogens is 266 g/mol. The summed E-state index contributed by atoms with van der Waals surface area (Å²) in [5, 5.41) is 6.94. The highest BCUT2D eigenvalue weighted by Gasteiger charge is 2.09. The minimum absolute atomic E-state index is 0.0696. The van der Waals surface area contributed by atoms with Gasteiger partial charge in [-0.3, -0.25) is 0 Å². The van der Waals surface area contributed by atoms with E-state index in [1.165, 1.54) is 31.4 Å². The molecule has 0 aliphatic carbocycles. The van der Waals surface area contributed by atoms with Crippen LogP contribution in [0.15, 0.2) is 53.4 Å². The topological polar surface area (TPSA) is 76.4 Å². The van der Waals surface area contributed by atoms with Crippen LogP contribution in [0.5, 0.6) is 17.2 Å². The normalized spacial score (nSPS) is 11.1. The zero-order valence-electron chi connectivity index (χ0n) is 10.2. The van der Waals surface area contributed by atoms with Gasteiger partial charge in [-0.1, -0.05) is 12.1 Å². The van der Waals surface area contributed by atoms with Crippen LogP contribution in [0, 0.1) is 0 Å². The maximum absolute atomic E-state index is 11.0. The van der Waals surface area contributed by atoms with E-state index in [0.29, 0.717) is 17.2 Å². The molecule has 1 radical (unpaired) electrons. The zero-order valence-corrected chi connectivity index (χ0v) is 11.0. The van der Waals surface area contributed by atoms with Crippen LogP contribution in [0.3, 0.4) is 0 Å². The first kappa shape index (κ1) is 13.4. The molecule has 19 heavy (non-hydrogen) atoms. The Balaban J connectivity index is 2.25. The summed E-state index contributed by atoms with van der Waals surface area (Å²) < 4.78 is 32.7. The number of hydrogen-bond acceptors (Lipinski definition) is 4. The summed E-state index contributed by atoms with van der Waals surface area (Å²) in [6.07, 6.45) is 0. The summed E-state index contributed by atoms with van der Waals surface area (Å²) in [4.78, 5) is -0.0696. The van der Waals surface area contributed by atoms with Gasteiger partial charge in [0.25, 0.3) is 10.0 Å². The second-order valence-corrected chi connectivity index (χ2v) is 5.21. The quantitative estimate of drug-likeness (QED) is 0.860. The molecule has 0 saturated heterocycles. The average Bonchev–Trinajstić information content (AvgIpc) is 2.39. The standard InChI is InChI=1S/C13H12NO4S/c1-17-12-4-2-3-5-13(12)18-10-6-8-11(9-7-10)19(14,15)16/h2-9,14H,1H3. The number of benzene rings is 2. The summed E-state index contributed by atoms with van der Waals surface area (Å²) in [7, 11) is -2.40. The minimum atomic E-state index is -3.94. The number of hydrogen-bond donors (Lipinski definition) is 0. The molecule has 5 nitrogen and oxygen atoms in total. The van der Waals surface area contributed by atoms with Crippen molar-refractivity contribution in [3.63, 3.8) is 0 Å².